The molecule has 7 heteroatoms. The van der Waals surface area contributed by atoms with Gasteiger partial charge in [-0.1, -0.05) is 104 Å². The van der Waals surface area contributed by atoms with Gasteiger partial charge in [-0.2, -0.15) is 0 Å². The first-order valence-electron chi connectivity index (χ1n) is 13.0. The van der Waals surface area contributed by atoms with E-state index in [1.54, 1.807) is 12.1 Å². The van der Waals surface area contributed by atoms with Crippen molar-refractivity contribution in [2.45, 2.75) is 129 Å². The van der Waals surface area contributed by atoms with E-state index in [2.05, 4.69) is 57.1 Å². The van der Waals surface area contributed by atoms with Crippen molar-refractivity contribution in [2.24, 2.45) is 5.41 Å². The number of rotatable bonds is 16. The average Bonchev–Trinajstić information content (AvgIpc) is 2.72. The summed E-state index contributed by atoms with van der Waals surface area (Å²) in [4.78, 5) is 2.77. The number of aryl methyl sites for hydroxylation is 1. The van der Waals surface area contributed by atoms with Crippen LogP contribution in [0.2, 0.25) is 0 Å². The number of sulfonamides is 1. The zero-order valence-corrected chi connectivity index (χ0v) is 24.1. The Bertz CT molecular complexity index is 831. The summed E-state index contributed by atoms with van der Waals surface area (Å²) in [7, 11) is -3.73. The number of hydrazine groups is 1. The van der Waals surface area contributed by atoms with Crippen LogP contribution in [0.4, 0.5) is 0 Å². The molecule has 0 aliphatic heterocycles. The highest BCUT2D eigenvalue weighted by Gasteiger charge is 2.26. The lowest BCUT2D eigenvalue weighted by molar-refractivity contribution is 0.266. The monoisotopic (exact) mass is 511 g/mol. The maximum atomic E-state index is 13.0. The van der Waals surface area contributed by atoms with Gasteiger partial charge in [-0.25, -0.2) is 8.42 Å². The number of thiocarbonyl (C=S) groups is 1. The maximum Gasteiger partial charge on any atom is 0.257 e. The first kappa shape index (κ1) is 30.9. The van der Waals surface area contributed by atoms with Crippen LogP contribution in [0.3, 0.4) is 0 Å². The Morgan fingerprint density at radius 3 is 1.94 bits per heavy atom. The molecule has 0 aromatic heterocycles. The van der Waals surface area contributed by atoms with E-state index in [0.717, 1.165) is 31.2 Å². The molecule has 196 valence electrons. The predicted molar refractivity (Wildman–Crippen MR) is 149 cm³/mol. The molecule has 0 aliphatic carbocycles. The summed E-state index contributed by atoms with van der Waals surface area (Å²) in [5, 5.41) is 3.49. The number of hydrogen-bond acceptors (Lipinski definition) is 3. The summed E-state index contributed by atoms with van der Waals surface area (Å²) in [6.07, 6.45) is 14.3. The third-order valence-corrected chi connectivity index (χ3v) is 7.34. The zero-order chi connectivity index (χ0) is 25.7. The van der Waals surface area contributed by atoms with Crippen LogP contribution in [0.15, 0.2) is 29.2 Å². The van der Waals surface area contributed by atoms with Gasteiger partial charge in [-0.15, -0.1) is 4.83 Å². The zero-order valence-electron chi connectivity index (χ0n) is 22.4. The molecule has 3 N–H and O–H groups in total. The van der Waals surface area contributed by atoms with Crippen LogP contribution in [0.5, 0.6) is 0 Å². The number of nitrogens with one attached hydrogen (secondary N) is 3. The standard InChI is InChI=1S/C27H49N3O2S2/c1-7-8-9-10-11-12-13-14-15-16-19-23-20-17-18-21-24(23)34(31,32)30-29-25(33)28-27(5,6)22-26(2,3)4/h17-18,20-21,30H,7-16,19,22H2,1-6H3,(H2,28,29,33). The lowest BCUT2D eigenvalue weighted by Crippen LogP contribution is -2.54. The van der Waals surface area contributed by atoms with E-state index in [4.69, 9.17) is 12.2 Å². The SMILES string of the molecule is CCCCCCCCCCCCc1ccccc1S(=O)(=O)NNC(=S)NC(C)(C)CC(C)(C)C. The predicted octanol–water partition coefficient (Wildman–Crippen LogP) is 7.02. The van der Waals surface area contributed by atoms with Crippen molar-refractivity contribution in [1.82, 2.24) is 15.6 Å². The minimum Gasteiger partial charge on any atom is -0.357 e. The molecule has 5 nitrogen and oxygen atoms in total. The smallest absolute Gasteiger partial charge is 0.257 e. The normalized spacial score (nSPS) is 12.5. The van der Waals surface area contributed by atoms with Gasteiger partial charge in [-0.3, -0.25) is 5.43 Å². The van der Waals surface area contributed by atoms with Crippen LogP contribution in [0.25, 0.3) is 0 Å². The van der Waals surface area contributed by atoms with Crippen molar-refractivity contribution < 1.29 is 8.42 Å². The Hall–Kier alpha value is -1.18. The number of benzene rings is 1. The summed E-state index contributed by atoms with van der Waals surface area (Å²) >= 11 is 5.34. The van der Waals surface area contributed by atoms with E-state index in [9.17, 15) is 8.42 Å². The first-order chi connectivity index (χ1) is 15.9. The lowest BCUT2D eigenvalue weighted by atomic mass is 9.82. The van der Waals surface area contributed by atoms with Gasteiger partial charge < -0.3 is 5.32 Å². The molecule has 0 fully saturated rings. The summed E-state index contributed by atoms with van der Waals surface area (Å²) in [6, 6.07) is 7.24. The third kappa shape index (κ3) is 13.6. The highest BCUT2D eigenvalue weighted by molar-refractivity contribution is 7.89. The molecule has 0 aliphatic rings. The van der Waals surface area contributed by atoms with Gasteiger partial charge in [0.2, 0.25) is 0 Å². The summed E-state index contributed by atoms with van der Waals surface area (Å²) in [5.41, 5.74) is 3.39. The van der Waals surface area contributed by atoms with E-state index in [1.165, 1.54) is 51.4 Å². The molecule has 0 saturated carbocycles. The molecule has 0 radical (unpaired) electrons. The van der Waals surface area contributed by atoms with E-state index >= 15 is 0 Å². The van der Waals surface area contributed by atoms with Crippen LogP contribution in [-0.4, -0.2) is 19.1 Å². The molecule has 34 heavy (non-hydrogen) atoms. The highest BCUT2D eigenvalue weighted by Crippen LogP contribution is 2.26. The fraction of sp³-hybridized carbons (Fsp3) is 0.741. The fourth-order valence-electron chi connectivity index (χ4n) is 4.65. The Kier molecular flexibility index (Phi) is 13.7. The Morgan fingerprint density at radius 2 is 1.38 bits per heavy atom. The van der Waals surface area contributed by atoms with Crippen molar-refractivity contribution in [3.8, 4) is 0 Å². The highest BCUT2D eigenvalue weighted by atomic mass is 32.2. The summed E-state index contributed by atoms with van der Waals surface area (Å²) in [5.74, 6) is 0. The molecule has 1 rings (SSSR count). The van der Waals surface area contributed by atoms with Crippen LogP contribution < -0.4 is 15.6 Å². The summed E-state index contributed by atoms with van der Waals surface area (Å²) < 4.78 is 25.9. The van der Waals surface area contributed by atoms with Crippen molar-refractivity contribution in [2.75, 3.05) is 0 Å². The number of unbranched alkanes of at least 4 members (excludes halogenated alkanes) is 9. The van der Waals surface area contributed by atoms with Crippen molar-refractivity contribution >= 4 is 27.4 Å². The molecule has 0 bridgehead atoms. The summed E-state index contributed by atoms with van der Waals surface area (Å²) in [6.45, 7) is 12.9. The van der Waals surface area contributed by atoms with Crippen molar-refractivity contribution in [1.29, 1.82) is 0 Å². The van der Waals surface area contributed by atoms with Crippen LogP contribution in [0.1, 0.15) is 118 Å². The molecule has 1 aromatic carbocycles. The Morgan fingerprint density at radius 1 is 0.853 bits per heavy atom. The molecule has 0 atom stereocenters. The average molecular weight is 512 g/mol. The molecule has 0 heterocycles. The lowest BCUT2D eigenvalue weighted by Gasteiger charge is -2.34. The second-order valence-corrected chi connectivity index (χ2v) is 13.4. The van der Waals surface area contributed by atoms with Crippen LogP contribution in [-0.2, 0) is 16.4 Å². The fourth-order valence-corrected chi connectivity index (χ4v) is 6.16. The van der Waals surface area contributed by atoms with Gasteiger partial charge in [0, 0.05) is 5.54 Å². The second kappa shape index (κ2) is 15.0. The molecule has 0 unspecified atom stereocenters. The molecular formula is C27H49N3O2S2. The second-order valence-electron chi connectivity index (χ2n) is 11.3. The van der Waals surface area contributed by atoms with Gasteiger partial charge in [-0.05, 0) is 62.4 Å². The van der Waals surface area contributed by atoms with E-state index in [-0.39, 0.29) is 16.1 Å². The Labute approximate surface area is 215 Å². The maximum absolute atomic E-state index is 13.0. The van der Waals surface area contributed by atoms with E-state index in [0.29, 0.717) is 4.90 Å². The van der Waals surface area contributed by atoms with Gasteiger partial charge in [0.15, 0.2) is 5.11 Å². The minimum atomic E-state index is -3.73. The van der Waals surface area contributed by atoms with Gasteiger partial charge in [0.05, 0.1) is 4.90 Å². The van der Waals surface area contributed by atoms with Gasteiger partial charge >= 0.3 is 0 Å². The number of hydrogen-bond donors (Lipinski definition) is 3. The molecular weight excluding hydrogens is 462 g/mol. The molecule has 0 amide bonds. The van der Waals surface area contributed by atoms with Gasteiger partial charge in [0.25, 0.3) is 10.0 Å². The van der Waals surface area contributed by atoms with E-state index in [1.807, 2.05) is 12.1 Å². The van der Waals surface area contributed by atoms with E-state index < -0.39 is 10.0 Å². The molecule has 0 saturated heterocycles. The molecule has 0 spiro atoms. The Balaban J connectivity index is 2.50. The van der Waals surface area contributed by atoms with Crippen LogP contribution in [0, 0.1) is 5.41 Å². The van der Waals surface area contributed by atoms with Crippen molar-refractivity contribution in [3.63, 3.8) is 0 Å². The van der Waals surface area contributed by atoms with Gasteiger partial charge in [0.1, 0.15) is 0 Å². The van der Waals surface area contributed by atoms with Crippen molar-refractivity contribution in [3.05, 3.63) is 29.8 Å². The topological polar surface area (TPSA) is 70.2 Å². The van der Waals surface area contributed by atoms with Crippen LogP contribution >= 0.6 is 12.2 Å². The molecule has 1 aromatic rings. The minimum absolute atomic E-state index is 0.124. The largest absolute Gasteiger partial charge is 0.357 e. The third-order valence-electron chi connectivity index (χ3n) is 5.78. The quantitative estimate of drug-likeness (QED) is 0.126. The first-order valence-corrected chi connectivity index (χ1v) is 14.9.